The molecule has 2 aromatic rings. The fourth-order valence-electron chi connectivity index (χ4n) is 2.46. The van der Waals surface area contributed by atoms with Gasteiger partial charge in [0.15, 0.2) is 0 Å². The summed E-state index contributed by atoms with van der Waals surface area (Å²) in [7, 11) is 0. The van der Waals surface area contributed by atoms with E-state index in [9.17, 15) is 9.90 Å². The molecule has 1 fully saturated rings. The smallest absolute Gasteiger partial charge is 0.257 e. The van der Waals surface area contributed by atoms with Gasteiger partial charge in [-0.1, -0.05) is 19.0 Å². The van der Waals surface area contributed by atoms with Crippen molar-refractivity contribution in [3.05, 3.63) is 23.5 Å². The van der Waals surface area contributed by atoms with Crippen LogP contribution in [-0.2, 0) is 0 Å². The van der Waals surface area contributed by atoms with Crippen molar-refractivity contribution in [2.45, 2.75) is 39.3 Å². The SMILES string of the molecule is Cc1noc2ncc(C(=O)NC3CC(O)C3(C)C)cc12. The van der Waals surface area contributed by atoms with Gasteiger partial charge in [0.1, 0.15) is 0 Å². The molecule has 2 unspecified atom stereocenters. The number of rotatable bonds is 2. The standard InChI is InChI=1S/C14H17N3O3/c1-7-9-4-8(6-15-13(9)20-17-7)12(19)16-10-5-11(18)14(10,2)3/h4,6,10-11,18H,5H2,1-3H3,(H,16,19). The molecule has 0 radical (unpaired) electrons. The summed E-state index contributed by atoms with van der Waals surface area (Å²) in [5.41, 5.74) is 1.32. The zero-order valence-electron chi connectivity index (χ0n) is 11.7. The number of aliphatic hydroxyl groups excluding tert-OH is 1. The number of aliphatic hydroxyl groups is 1. The van der Waals surface area contributed by atoms with Crippen LogP contribution in [0.3, 0.4) is 0 Å². The van der Waals surface area contributed by atoms with Gasteiger partial charge in [0.2, 0.25) is 0 Å². The third-order valence-corrected chi connectivity index (χ3v) is 4.29. The Balaban J connectivity index is 1.81. The summed E-state index contributed by atoms with van der Waals surface area (Å²) in [5.74, 6) is -0.190. The third-order valence-electron chi connectivity index (χ3n) is 4.29. The number of carbonyl (C=O) groups excluding carboxylic acids is 1. The average molecular weight is 275 g/mol. The van der Waals surface area contributed by atoms with Crippen molar-refractivity contribution in [3.8, 4) is 0 Å². The molecule has 106 valence electrons. The molecule has 1 amide bonds. The Morgan fingerprint density at radius 2 is 2.30 bits per heavy atom. The van der Waals surface area contributed by atoms with Crippen molar-refractivity contribution in [1.82, 2.24) is 15.5 Å². The topological polar surface area (TPSA) is 88.2 Å². The molecule has 6 nitrogen and oxygen atoms in total. The van der Waals surface area contributed by atoms with Crippen LogP contribution in [0.4, 0.5) is 0 Å². The van der Waals surface area contributed by atoms with Gasteiger partial charge in [0, 0.05) is 17.7 Å². The molecule has 1 saturated carbocycles. The summed E-state index contributed by atoms with van der Waals surface area (Å²) in [6, 6.07) is 1.70. The van der Waals surface area contributed by atoms with E-state index in [0.29, 0.717) is 23.4 Å². The van der Waals surface area contributed by atoms with Gasteiger partial charge in [0.05, 0.1) is 22.7 Å². The van der Waals surface area contributed by atoms with Gasteiger partial charge in [-0.15, -0.1) is 0 Å². The lowest BCUT2D eigenvalue weighted by molar-refractivity contribution is -0.0689. The summed E-state index contributed by atoms with van der Waals surface area (Å²) in [6.45, 7) is 5.69. The number of nitrogens with zero attached hydrogens (tertiary/aromatic N) is 2. The molecule has 0 aromatic carbocycles. The van der Waals surface area contributed by atoms with E-state index >= 15 is 0 Å². The van der Waals surface area contributed by atoms with Crippen LogP contribution in [0, 0.1) is 12.3 Å². The molecule has 2 atom stereocenters. The Bertz CT molecular complexity index is 677. The Kier molecular flexibility index (Phi) is 2.79. The van der Waals surface area contributed by atoms with Crippen molar-refractivity contribution >= 4 is 17.0 Å². The Morgan fingerprint density at radius 3 is 2.95 bits per heavy atom. The lowest BCUT2D eigenvalue weighted by Crippen LogP contribution is -2.61. The van der Waals surface area contributed by atoms with E-state index in [1.54, 1.807) is 13.0 Å². The van der Waals surface area contributed by atoms with Crippen LogP contribution in [0.25, 0.3) is 11.1 Å². The van der Waals surface area contributed by atoms with Crippen LogP contribution in [0.1, 0.15) is 36.3 Å². The normalized spacial score (nSPS) is 24.4. The van der Waals surface area contributed by atoms with E-state index in [4.69, 9.17) is 4.52 Å². The van der Waals surface area contributed by atoms with Gasteiger partial charge in [-0.05, 0) is 19.4 Å². The summed E-state index contributed by atoms with van der Waals surface area (Å²) in [5, 5.41) is 17.2. The monoisotopic (exact) mass is 275 g/mol. The van der Waals surface area contributed by atoms with Gasteiger partial charge in [-0.2, -0.15) is 0 Å². The number of aromatic nitrogens is 2. The van der Waals surface area contributed by atoms with Crippen molar-refractivity contribution < 1.29 is 14.4 Å². The molecular weight excluding hydrogens is 258 g/mol. The average Bonchev–Trinajstić information content (AvgIpc) is 2.79. The van der Waals surface area contributed by atoms with Crippen LogP contribution in [-0.4, -0.2) is 33.3 Å². The molecule has 1 aliphatic rings. The maximum absolute atomic E-state index is 12.2. The first-order valence-corrected chi connectivity index (χ1v) is 6.60. The van der Waals surface area contributed by atoms with Crippen LogP contribution in [0.15, 0.2) is 16.8 Å². The highest BCUT2D eigenvalue weighted by Gasteiger charge is 2.48. The van der Waals surface area contributed by atoms with Crippen molar-refractivity contribution in [1.29, 1.82) is 0 Å². The quantitative estimate of drug-likeness (QED) is 0.865. The van der Waals surface area contributed by atoms with Crippen molar-refractivity contribution in [2.75, 3.05) is 0 Å². The fourth-order valence-corrected chi connectivity index (χ4v) is 2.46. The molecule has 6 heteroatoms. The number of nitrogens with one attached hydrogen (secondary N) is 1. The van der Waals surface area contributed by atoms with Crippen LogP contribution < -0.4 is 5.32 Å². The number of hydrogen-bond donors (Lipinski definition) is 2. The highest BCUT2D eigenvalue weighted by Crippen LogP contribution is 2.40. The zero-order valence-corrected chi connectivity index (χ0v) is 11.7. The van der Waals surface area contributed by atoms with Gasteiger partial charge in [0.25, 0.3) is 11.6 Å². The predicted octanol–water partition coefficient (Wildman–Crippen LogP) is 1.42. The number of fused-ring (bicyclic) bond motifs is 1. The Morgan fingerprint density at radius 1 is 1.55 bits per heavy atom. The first-order valence-electron chi connectivity index (χ1n) is 6.60. The summed E-state index contributed by atoms with van der Waals surface area (Å²) >= 11 is 0. The number of carbonyl (C=O) groups is 1. The number of pyridine rings is 1. The molecular formula is C14H17N3O3. The van der Waals surface area contributed by atoms with E-state index in [2.05, 4.69) is 15.5 Å². The van der Waals surface area contributed by atoms with Crippen molar-refractivity contribution in [2.24, 2.45) is 5.41 Å². The number of aryl methyl sites for hydroxylation is 1. The molecule has 0 bridgehead atoms. The zero-order chi connectivity index (χ0) is 14.5. The lowest BCUT2D eigenvalue weighted by atomic mass is 9.64. The van der Waals surface area contributed by atoms with Crippen LogP contribution in [0.2, 0.25) is 0 Å². The highest BCUT2D eigenvalue weighted by atomic mass is 16.5. The number of hydrogen-bond acceptors (Lipinski definition) is 5. The van der Waals surface area contributed by atoms with E-state index in [1.165, 1.54) is 6.20 Å². The first kappa shape index (κ1) is 13.1. The molecule has 20 heavy (non-hydrogen) atoms. The minimum absolute atomic E-state index is 0.0238. The van der Waals surface area contributed by atoms with Gasteiger partial charge < -0.3 is 14.9 Å². The third kappa shape index (κ3) is 1.87. The Hall–Kier alpha value is -1.95. The van der Waals surface area contributed by atoms with Crippen LogP contribution >= 0.6 is 0 Å². The molecule has 3 rings (SSSR count). The van der Waals surface area contributed by atoms with E-state index in [-0.39, 0.29) is 23.5 Å². The second-order valence-electron chi connectivity index (χ2n) is 5.94. The molecule has 0 saturated heterocycles. The summed E-state index contributed by atoms with van der Waals surface area (Å²) < 4.78 is 5.02. The van der Waals surface area contributed by atoms with E-state index < -0.39 is 0 Å². The minimum Gasteiger partial charge on any atom is -0.392 e. The molecule has 2 heterocycles. The van der Waals surface area contributed by atoms with E-state index in [1.807, 2.05) is 13.8 Å². The fraction of sp³-hybridized carbons (Fsp3) is 0.500. The number of amides is 1. The second kappa shape index (κ2) is 4.28. The molecule has 0 aliphatic heterocycles. The van der Waals surface area contributed by atoms with E-state index in [0.717, 1.165) is 5.39 Å². The van der Waals surface area contributed by atoms with Gasteiger partial charge in [-0.25, -0.2) is 4.98 Å². The second-order valence-corrected chi connectivity index (χ2v) is 5.94. The molecule has 2 N–H and O–H groups in total. The minimum atomic E-state index is -0.367. The van der Waals surface area contributed by atoms with Gasteiger partial charge >= 0.3 is 0 Å². The van der Waals surface area contributed by atoms with Crippen molar-refractivity contribution in [3.63, 3.8) is 0 Å². The lowest BCUT2D eigenvalue weighted by Gasteiger charge is -2.49. The highest BCUT2D eigenvalue weighted by molar-refractivity contribution is 5.97. The molecule has 2 aromatic heterocycles. The Labute approximate surface area is 116 Å². The predicted molar refractivity (Wildman–Crippen MR) is 72.2 cm³/mol. The molecule has 0 spiro atoms. The van der Waals surface area contributed by atoms with Gasteiger partial charge in [-0.3, -0.25) is 4.79 Å². The maximum atomic E-state index is 12.2. The maximum Gasteiger partial charge on any atom is 0.257 e. The summed E-state index contributed by atoms with van der Waals surface area (Å²) in [4.78, 5) is 16.3. The van der Waals surface area contributed by atoms with Crippen LogP contribution in [0.5, 0.6) is 0 Å². The largest absolute Gasteiger partial charge is 0.392 e. The summed E-state index contributed by atoms with van der Waals surface area (Å²) in [6.07, 6.45) is 1.69. The molecule has 1 aliphatic carbocycles. The first-order chi connectivity index (χ1) is 9.39.